The number of hydrogen-bond acceptors (Lipinski definition) is 1. The first-order valence-electron chi connectivity index (χ1n) is 7.35. The fourth-order valence-electron chi connectivity index (χ4n) is 2.97. The molecule has 1 nitrogen and oxygen atoms in total. The molecule has 0 heterocycles. The molecule has 0 aliphatic heterocycles. The van der Waals surface area contributed by atoms with Gasteiger partial charge >= 0.3 is 0 Å². The minimum atomic E-state index is 0.446. The molecule has 2 aliphatic carbocycles. The minimum absolute atomic E-state index is 0.446. The molecule has 0 N–H and O–H groups in total. The molecule has 0 aromatic heterocycles. The van der Waals surface area contributed by atoms with Crippen LogP contribution in [-0.2, 0) is 0 Å². The minimum Gasteiger partial charge on any atom is -0.496 e. The molecule has 0 saturated heterocycles. The zero-order chi connectivity index (χ0) is 14.7. The maximum Gasteiger partial charge on any atom is 0.126 e. The van der Waals surface area contributed by atoms with Crippen LogP contribution in [0.15, 0.2) is 77.9 Å². The lowest BCUT2D eigenvalue weighted by Gasteiger charge is -2.14. The van der Waals surface area contributed by atoms with E-state index in [1.807, 2.05) is 12.1 Å². The van der Waals surface area contributed by atoms with E-state index in [9.17, 15) is 0 Å². The van der Waals surface area contributed by atoms with Crippen LogP contribution in [0.3, 0.4) is 0 Å². The van der Waals surface area contributed by atoms with Crippen LogP contribution in [-0.4, -0.2) is 7.11 Å². The van der Waals surface area contributed by atoms with Gasteiger partial charge in [0.25, 0.3) is 0 Å². The van der Waals surface area contributed by atoms with Crippen LogP contribution in [0.5, 0.6) is 5.75 Å². The van der Waals surface area contributed by atoms with Crippen LogP contribution in [0, 0.1) is 5.92 Å². The molecule has 3 rings (SSSR count). The molecule has 0 spiro atoms. The second-order valence-corrected chi connectivity index (χ2v) is 5.47. The van der Waals surface area contributed by atoms with Gasteiger partial charge in [0, 0.05) is 11.5 Å². The van der Waals surface area contributed by atoms with Crippen molar-refractivity contribution in [3.05, 3.63) is 83.5 Å². The Bertz CT molecular complexity index is 672. The monoisotopic (exact) mass is 276 g/mol. The molecule has 1 aromatic carbocycles. The molecule has 0 saturated carbocycles. The molecule has 0 radical (unpaired) electrons. The number of rotatable bonds is 3. The lowest BCUT2D eigenvalue weighted by Crippen LogP contribution is -1.97. The molecular weight excluding hydrogens is 256 g/mol. The first-order chi connectivity index (χ1) is 10.3. The Morgan fingerprint density at radius 1 is 1.05 bits per heavy atom. The maximum absolute atomic E-state index is 5.51. The second kappa shape index (κ2) is 6.01. The van der Waals surface area contributed by atoms with Gasteiger partial charge in [-0.05, 0) is 25.0 Å². The van der Waals surface area contributed by atoms with Crippen molar-refractivity contribution < 1.29 is 4.74 Å². The fraction of sp³-hybridized carbons (Fsp3) is 0.200. The number of para-hydroxylation sites is 1. The Hall–Kier alpha value is -2.28. The van der Waals surface area contributed by atoms with Gasteiger partial charge in [-0.2, -0.15) is 0 Å². The molecule has 0 atom stereocenters. The van der Waals surface area contributed by atoms with Crippen LogP contribution >= 0.6 is 0 Å². The molecule has 1 aromatic rings. The van der Waals surface area contributed by atoms with Gasteiger partial charge in [0.2, 0.25) is 0 Å². The van der Waals surface area contributed by atoms with Gasteiger partial charge in [-0.25, -0.2) is 0 Å². The van der Waals surface area contributed by atoms with Gasteiger partial charge in [-0.3, -0.25) is 0 Å². The van der Waals surface area contributed by atoms with E-state index in [2.05, 4.69) is 61.6 Å². The van der Waals surface area contributed by atoms with Gasteiger partial charge in [0.15, 0.2) is 0 Å². The van der Waals surface area contributed by atoms with E-state index in [1.54, 1.807) is 7.11 Å². The third kappa shape index (κ3) is 2.78. The standard InChI is InChI=1S/C20H20O/c1-15-14-17(16-8-3-4-9-16)10-7-12-18(15)19-11-5-6-13-20(19)21-2/h3-13,16H,14H2,1-2H3. The predicted octanol–water partition coefficient (Wildman–Crippen LogP) is 5.10. The van der Waals surface area contributed by atoms with Crippen molar-refractivity contribution >= 4 is 5.57 Å². The summed E-state index contributed by atoms with van der Waals surface area (Å²) < 4.78 is 5.51. The Labute approximate surface area is 126 Å². The Morgan fingerprint density at radius 3 is 2.57 bits per heavy atom. The largest absolute Gasteiger partial charge is 0.496 e. The van der Waals surface area contributed by atoms with E-state index in [4.69, 9.17) is 4.74 Å². The summed E-state index contributed by atoms with van der Waals surface area (Å²) in [4.78, 5) is 0. The van der Waals surface area contributed by atoms with Crippen molar-refractivity contribution in [1.29, 1.82) is 0 Å². The molecule has 21 heavy (non-hydrogen) atoms. The zero-order valence-corrected chi connectivity index (χ0v) is 12.5. The summed E-state index contributed by atoms with van der Waals surface area (Å²) in [5.74, 6) is 1.38. The van der Waals surface area contributed by atoms with Crippen LogP contribution in [0.4, 0.5) is 0 Å². The molecule has 106 valence electrons. The number of allylic oxidation sites excluding steroid dienone is 10. The van der Waals surface area contributed by atoms with Gasteiger partial charge in [-0.1, -0.05) is 71.9 Å². The molecule has 2 aliphatic rings. The Morgan fingerprint density at radius 2 is 1.81 bits per heavy atom. The van der Waals surface area contributed by atoms with E-state index in [0.29, 0.717) is 5.92 Å². The van der Waals surface area contributed by atoms with E-state index in [1.165, 1.54) is 22.3 Å². The number of methoxy groups -OCH3 is 1. The van der Waals surface area contributed by atoms with Crippen LogP contribution in [0.1, 0.15) is 18.9 Å². The zero-order valence-electron chi connectivity index (χ0n) is 12.5. The molecule has 1 heteroatoms. The lowest BCUT2D eigenvalue weighted by molar-refractivity contribution is 0.413. The van der Waals surface area contributed by atoms with Crippen LogP contribution < -0.4 is 4.74 Å². The fourth-order valence-corrected chi connectivity index (χ4v) is 2.97. The SMILES string of the molecule is COc1ccccc1C1=C(C)CC(C2C=CC=C2)=CC=C1. The summed E-state index contributed by atoms with van der Waals surface area (Å²) >= 11 is 0. The van der Waals surface area contributed by atoms with Crippen molar-refractivity contribution in [1.82, 2.24) is 0 Å². The summed E-state index contributed by atoms with van der Waals surface area (Å²) in [6, 6.07) is 8.22. The van der Waals surface area contributed by atoms with E-state index >= 15 is 0 Å². The summed E-state index contributed by atoms with van der Waals surface area (Å²) in [7, 11) is 1.73. The van der Waals surface area contributed by atoms with Crippen molar-refractivity contribution in [2.45, 2.75) is 13.3 Å². The average molecular weight is 276 g/mol. The Balaban J connectivity index is 1.96. The van der Waals surface area contributed by atoms with Gasteiger partial charge in [0.05, 0.1) is 7.11 Å². The van der Waals surface area contributed by atoms with E-state index < -0.39 is 0 Å². The summed E-state index contributed by atoms with van der Waals surface area (Å²) in [5.41, 5.74) is 5.26. The van der Waals surface area contributed by atoms with Crippen molar-refractivity contribution in [3.63, 3.8) is 0 Å². The quantitative estimate of drug-likeness (QED) is 0.746. The number of benzene rings is 1. The van der Waals surface area contributed by atoms with Crippen LogP contribution in [0.25, 0.3) is 5.57 Å². The number of hydrogen-bond donors (Lipinski definition) is 0. The van der Waals surface area contributed by atoms with Gasteiger partial charge in [-0.15, -0.1) is 0 Å². The summed E-state index contributed by atoms with van der Waals surface area (Å²) in [6.45, 7) is 2.22. The van der Waals surface area contributed by atoms with Gasteiger partial charge in [0.1, 0.15) is 5.75 Å². The van der Waals surface area contributed by atoms with Crippen LogP contribution in [0.2, 0.25) is 0 Å². The topological polar surface area (TPSA) is 9.23 Å². The third-order valence-electron chi connectivity index (χ3n) is 4.08. The maximum atomic E-state index is 5.51. The highest BCUT2D eigenvalue weighted by molar-refractivity contribution is 5.81. The third-order valence-corrected chi connectivity index (χ3v) is 4.08. The molecule has 0 bridgehead atoms. The van der Waals surface area contributed by atoms with Crippen molar-refractivity contribution in [2.75, 3.05) is 7.11 Å². The first kappa shape index (κ1) is 13.7. The highest BCUT2D eigenvalue weighted by Crippen LogP contribution is 2.35. The smallest absolute Gasteiger partial charge is 0.126 e. The highest BCUT2D eigenvalue weighted by Gasteiger charge is 2.15. The van der Waals surface area contributed by atoms with Crippen molar-refractivity contribution in [2.24, 2.45) is 5.92 Å². The Kier molecular flexibility index (Phi) is 3.92. The average Bonchev–Trinajstić information content (AvgIpc) is 2.98. The molecule has 0 fully saturated rings. The molecule has 0 unspecified atom stereocenters. The number of ether oxygens (including phenoxy) is 1. The first-order valence-corrected chi connectivity index (χ1v) is 7.35. The molecule has 0 amide bonds. The predicted molar refractivity (Wildman–Crippen MR) is 89.2 cm³/mol. The summed E-state index contributed by atoms with van der Waals surface area (Å²) in [6.07, 6.45) is 16.4. The van der Waals surface area contributed by atoms with Gasteiger partial charge < -0.3 is 4.74 Å². The second-order valence-electron chi connectivity index (χ2n) is 5.47. The van der Waals surface area contributed by atoms with E-state index in [0.717, 1.165) is 12.2 Å². The normalized spacial score (nSPS) is 18.1. The van der Waals surface area contributed by atoms with E-state index in [-0.39, 0.29) is 0 Å². The highest BCUT2D eigenvalue weighted by atomic mass is 16.5. The van der Waals surface area contributed by atoms with Crippen molar-refractivity contribution in [3.8, 4) is 5.75 Å². The lowest BCUT2D eigenvalue weighted by atomic mass is 9.92. The summed E-state index contributed by atoms with van der Waals surface area (Å²) in [5, 5.41) is 0. The molecular formula is C20H20O.